The zero-order valence-electron chi connectivity index (χ0n) is 18.4. The monoisotopic (exact) mass is 513 g/mol. The number of nitrogens with two attached hydrogens (primary N) is 1. The van der Waals surface area contributed by atoms with Crippen molar-refractivity contribution in [1.82, 2.24) is 5.32 Å². The summed E-state index contributed by atoms with van der Waals surface area (Å²) in [6.07, 6.45) is 2.31. The normalized spacial score (nSPS) is 11.0. The average Bonchev–Trinajstić information content (AvgIpc) is 3.25. The Kier molecular flexibility index (Phi) is 7.23. The van der Waals surface area contributed by atoms with Crippen LogP contribution in [0.25, 0.3) is 0 Å². The van der Waals surface area contributed by atoms with Gasteiger partial charge in [-0.2, -0.15) is 0 Å². The summed E-state index contributed by atoms with van der Waals surface area (Å²) in [5.74, 6) is -1.05. The van der Waals surface area contributed by atoms with Gasteiger partial charge < -0.3 is 20.2 Å². The van der Waals surface area contributed by atoms with E-state index in [1.807, 2.05) is 0 Å². The molecule has 33 heavy (non-hydrogen) atoms. The van der Waals surface area contributed by atoms with Crippen LogP contribution in [0.5, 0.6) is 0 Å². The molecule has 9 heteroatoms. The highest BCUT2D eigenvalue weighted by Gasteiger charge is 2.25. The molecule has 1 heterocycles. The average molecular weight is 514 g/mol. The number of rotatable bonds is 6. The minimum Gasteiger partial charge on any atom is -0.470 e. The molecule has 0 aliphatic carbocycles. The number of hydrogen-bond acceptors (Lipinski definition) is 5. The largest absolute Gasteiger partial charge is 0.470 e. The summed E-state index contributed by atoms with van der Waals surface area (Å²) in [6.45, 7) is 5.60. The molecule has 8 nitrogen and oxygen atoms in total. The molecular weight excluding hydrogens is 490 g/mol. The molecule has 0 spiro atoms. The first-order valence-corrected chi connectivity index (χ1v) is 10.9. The molecule has 0 atom stereocenters. The fourth-order valence-electron chi connectivity index (χ4n) is 3.03. The molecule has 0 bridgehead atoms. The first kappa shape index (κ1) is 24.1. The van der Waals surface area contributed by atoms with Crippen LogP contribution in [-0.2, 0) is 11.3 Å². The van der Waals surface area contributed by atoms with Crippen LogP contribution >= 0.6 is 15.9 Å². The number of carbonyl (C=O) groups is 3. The number of alkyl carbamates (subject to hydrolysis) is 1. The van der Waals surface area contributed by atoms with Crippen LogP contribution in [0.3, 0.4) is 0 Å². The molecule has 3 rings (SSSR count). The van der Waals surface area contributed by atoms with Gasteiger partial charge in [0, 0.05) is 22.6 Å². The van der Waals surface area contributed by atoms with Crippen LogP contribution in [0.1, 0.15) is 47.1 Å². The van der Waals surface area contributed by atoms with E-state index < -0.39 is 17.6 Å². The number of halogens is 1. The standard InChI is InChI=1S/C24H24BrN3O5/c1-24(2,3)33-23(31)27-13-15-4-6-16(7-5-15)22(30)28(18-10-11-32-14-18)20-12-17(25)8-9-19(20)21(26)29/h4-12,14H,13H2,1-3H3,(H2,26,29)(H,27,31). The lowest BCUT2D eigenvalue weighted by atomic mass is 10.1. The molecule has 0 saturated carbocycles. The zero-order valence-corrected chi connectivity index (χ0v) is 20.0. The highest BCUT2D eigenvalue weighted by Crippen LogP contribution is 2.33. The summed E-state index contributed by atoms with van der Waals surface area (Å²) in [4.78, 5) is 38.7. The molecular formula is C24H24BrN3O5. The Bertz CT molecular complexity index is 1150. The van der Waals surface area contributed by atoms with E-state index in [1.54, 1.807) is 69.3 Å². The van der Waals surface area contributed by atoms with Gasteiger partial charge in [-0.3, -0.25) is 14.5 Å². The summed E-state index contributed by atoms with van der Waals surface area (Å²) < 4.78 is 11.1. The topological polar surface area (TPSA) is 115 Å². The Morgan fingerprint density at radius 2 is 1.79 bits per heavy atom. The van der Waals surface area contributed by atoms with Crippen LogP contribution in [0.15, 0.2) is 69.9 Å². The second-order valence-corrected chi connectivity index (χ2v) is 9.12. The lowest BCUT2D eigenvalue weighted by molar-refractivity contribution is 0.0523. The van der Waals surface area contributed by atoms with Gasteiger partial charge >= 0.3 is 6.09 Å². The number of amides is 3. The Labute approximate surface area is 199 Å². The summed E-state index contributed by atoms with van der Waals surface area (Å²) in [7, 11) is 0. The van der Waals surface area contributed by atoms with Crippen molar-refractivity contribution >= 4 is 45.2 Å². The maximum Gasteiger partial charge on any atom is 0.407 e. The Morgan fingerprint density at radius 3 is 2.36 bits per heavy atom. The second-order valence-electron chi connectivity index (χ2n) is 8.20. The molecule has 0 aliphatic heterocycles. The number of ether oxygens (including phenoxy) is 1. The molecule has 2 aromatic carbocycles. The van der Waals surface area contributed by atoms with E-state index in [-0.39, 0.29) is 18.0 Å². The van der Waals surface area contributed by atoms with Gasteiger partial charge in [0.2, 0.25) is 0 Å². The molecule has 172 valence electrons. The van der Waals surface area contributed by atoms with Gasteiger partial charge in [0.15, 0.2) is 0 Å². The lowest BCUT2D eigenvalue weighted by Gasteiger charge is -2.23. The van der Waals surface area contributed by atoms with E-state index in [4.69, 9.17) is 14.9 Å². The molecule has 3 N–H and O–H groups in total. The van der Waals surface area contributed by atoms with E-state index in [0.717, 1.165) is 5.56 Å². The molecule has 0 aliphatic rings. The lowest BCUT2D eigenvalue weighted by Crippen LogP contribution is -2.32. The third-order valence-corrected chi connectivity index (χ3v) is 4.96. The van der Waals surface area contributed by atoms with Crippen molar-refractivity contribution in [3.05, 3.63) is 82.2 Å². The third-order valence-electron chi connectivity index (χ3n) is 4.47. The number of carbonyl (C=O) groups excluding carboxylic acids is 3. The first-order chi connectivity index (χ1) is 15.5. The zero-order chi connectivity index (χ0) is 24.2. The maximum atomic E-state index is 13.5. The van der Waals surface area contributed by atoms with E-state index in [1.165, 1.54) is 17.4 Å². The number of nitrogens with zero attached hydrogens (tertiary/aromatic N) is 1. The molecule has 3 amide bonds. The van der Waals surface area contributed by atoms with Crippen molar-refractivity contribution in [2.75, 3.05) is 4.90 Å². The van der Waals surface area contributed by atoms with Crippen molar-refractivity contribution in [2.45, 2.75) is 32.9 Å². The van der Waals surface area contributed by atoms with Crippen LogP contribution in [0.4, 0.5) is 16.2 Å². The third kappa shape index (κ3) is 6.23. The highest BCUT2D eigenvalue weighted by molar-refractivity contribution is 9.10. The van der Waals surface area contributed by atoms with Crippen LogP contribution in [-0.4, -0.2) is 23.5 Å². The van der Waals surface area contributed by atoms with Crippen LogP contribution < -0.4 is 16.0 Å². The number of nitrogens with one attached hydrogen (secondary N) is 1. The minimum absolute atomic E-state index is 0.186. The van der Waals surface area contributed by atoms with Gasteiger partial charge in [0.1, 0.15) is 11.9 Å². The first-order valence-electron chi connectivity index (χ1n) is 10.1. The fourth-order valence-corrected chi connectivity index (χ4v) is 3.38. The molecule has 0 unspecified atom stereocenters. The number of hydrogen-bond donors (Lipinski definition) is 2. The molecule has 3 aromatic rings. The summed E-state index contributed by atoms with van der Waals surface area (Å²) in [5, 5.41) is 2.68. The van der Waals surface area contributed by atoms with Crippen LogP contribution in [0.2, 0.25) is 0 Å². The number of primary amides is 1. The molecule has 1 aromatic heterocycles. The fraction of sp³-hybridized carbons (Fsp3) is 0.208. The quantitative estimate of drug-likeness (QED) is 0.473. The van der Waals surface area contributed by atoms with E-state index in [2.05, 4.69) is 21.2 Å². The van der Waals surface area contributed by atoms with Crippen molar-refractivity contribution in [2.24, 2.45) is 5.73 Å². The van der Waals surface area contributed by atoms with E-state index in [9.17, 15) is 14.4 Å². The van der Waals surface area contributed by atoms with Crippen molar-refractivity contribution in [3.8, 4) is 0 Å². The van der Waals surface area contributed by atoms with Crippen LogP contribution in [0, 0.1) is 0 Å². The minimum atomic E-state index is -0.664. The van der Waals surface area contributed by atoms with Gasteiger partial charge in [0.05, 0.1) is 23.2 Å². The van der Waals surface area contributed by atoms with Crippen molar-refractivity contribution < 1.29 is 23.5 Å². The Hall–Kier alpha value is -3.59. The Balaban J connectivity index is 1.86. The predicted molar refractivity (Wildman–Crippen MR) is 127 cm³/mol. The SMILES string of the molecule is CC(C)(C)OC(=O)NCc1ccc(C(=O)N(c2ccoc2)c2cc(Br)ccc2C(N)=O)cc1. The van der Waals surface area contributed by atoms with Gasteiger partial charge in [0.25, 0.3) is 11.8 Å². The number of furan rings is 1. The van der Waals surface area contributed by atoms with Gasteiger partial charge in [-0.1, -0.05) is 28.1 Å². The maximum absolute atomic E-state index is 13.5. The smallest absolute Gasteiger partial charge is 0.407 e. The van der Waals surface area contributed by atoms with Crippen molar-refractivity contribution in [1.29, 1.82) is 0 Å². The predicted octanol–water partition coefficient (Wildman–Crippen LogP) is 5.14. The second kappa shape index (κ2) is 9.91. The van der Waals surface area contributed by atoms with Gasteiger partial charge in [-0.25, -0.2) is 4.79 Å². The number of benzene rings is 2. The summed E-state index contributed by atoms with van der Waals surface area (Å²) in [6, 6.07) is 13.2. The highest BCUT2D eigenvalue weighted by atomic mass is 79.9. The van der Waals surface area contributed by atoms with Crippen molar-refractivity contribution in [3.63, 3.8) is 0 Å². The van der Waals surface area contributed by atoms with Gasteiger partial charge in [-0.05, 0) is 56.7 Å². The molecule has 0 saturated heterocycles. The molecule has 0 radical (unpaired) electrons. The van der Waals surface area contributed by atoms with Gasteiger partial charge in [-0.15, -0.1) is 0 Å². The Morgan fingerprint density at radius 1 is 1.09 bits per heavy atom. The van der Waals surface area contributed by atoms with E-state index in [0.29, 0.717) is 21.4 Å². The van der Waals surface area contributed by atoms with E-state index >= 15 is 0 Å². The summed E-state index contributed by atoms with van der Waals surface area (Å²) >= 11 is 3.38. The summed E-state index contributed by atoms with van der Waals surface area (Å²) in [5.41, 5.74) is 7.06. The molecule has 0 fully saturated rings. The number of anilines is 2.